The van der Waals surface area contributed by atoms with Gasteiger partial charge in [-0.2, -0.15) is 13.2 Å². The van der Waals surface area contributed by atoms with E-state index in [1.165, 1.54) is 7.11 Å². The molecule has 0 aliphatic carbocycles. The van der Waals surface area contributed by atoms with Crippen LogP contribution in [0, 0.1) is 6.92 Å². The lowest BCUT2D eigenvalue weighted by atomic mass is 9.99. The number of methoxy groups -OCH3 is 1. The average Bonchev–Trinajstić information content (AvgIpc) is 2.29. The summed E-state index contributed by atoms with van der Waals surface area (Å²) in [5, 5.41) is 2.91. The van der Waals surface area contributed by atoms with Crippen LogP contribution in [0.2, 0.25) is 0 Å². The Balaban J connectivity index is 2.88. The Hall–Kier alpha value is -1.23. The summed E-state index contributed by atoms with van der Waals surface area (Å²) in [7, 11) is 3.18. The molecule has 1 aromatic carbocycles. The van der Waals surface area contributed by atoms with Gasteiger partial charge in [-0.15, -0.1) is 0 Å². The molecule has 1 atom stereocenters. The molecule has 1 N–H and O–H groups in total. The fraction of sp³-hybridized carbons (Fsp3) is 0.538. The largest absolute Gasteiger partial charge is 0.496 e. The minimum Gasteiger partial charge on any atom is -0.496 e. The number of benzene rings is 1. The lowest BCUT2D eigenvalue weighted by molar-refractivity contribution is -0.136. The van der Waals surface area contributed by atoms with Crippen LogP contribution in [0.3, 0.4) is 0 Å². The predicted molar refractivity (Wildman–Crippen MR) is 64.8 cm³/mol. The third-order valence-corrected chi connectivity index (χ3v) is 2.83. The van der Waals surface area contributed by atoms with E-state index in [1.807, 2.05) is 25.1 Å². The van der Waals surface area contributed by atoms with Crippen LogP contribution in [-0.4, -0.2) is 20.3 Å². The zero-order valence-electron chi connectivity index (χ0n) is 10.8. The number of nitrogens with one attached hydrogen (secondary N) is 1. The molecule has 0 aromatic heterocycles. The number of halogens is 3. The lowest BCUT2D eigenvalue weighted by Gasteiger charge is -2.20. The van der Waals surface area contributed by atoms with Crippen LogP contribution in [-0.2, 0) is 0 Å². The molecule has 102 valence electrons. The second kappa shape index (κ2) is 6.09. The molecule has 1 rings (SSSR count). The van der Waals surface area contributed by atoms with Crippen molar-refractivity contribution in [2.75, 3.05) is 14.2 Å². The third-order valence-electron chi connectivity index (χ3n) is 2.83. The van der Waals surface area contributed by atoms with Crippen molar-refractivity contribution >= 4 is 0 Å². The smallest absolute Gasteiger partial charge is 0.389 e. The van der Waals surface area contributed by atoms with Gasteiger partial charge in [-0.3, -0.25) is 0 Å². The van der Waals surface area contributed by atoms with Crippen LogP contribution in [0.15, 0.2) is 18.2 Å². The molecular weight excluding hydrogens is 243 g/mol. The molecule has 0 aliphatic heterocycles. The average molecular weight is 261 g/mol. The van der Waals surface area contributed by atoms with Gasteiger partial charge in [-0.1, -0.05) is 12.1 Å². The van der Waals surface area contributed by atoms with E-state index in [0.717, 1.165) is 11.1 Å². The summed E-state index contributed by atoms with van der Waals surface area (Å²) in [6.45, 7) is 1.91. The molecule has 1 aromatic rings. The van der Waals surface area contributed by atoms with Crippen molar-refractivity contribution in [1.29, 1.82) is 0 Å². The van der Waals surface area contributed by atoms with E-state index >= 15 is 0 Å². The van der Waals surface area contributed by atoms with Crippen molar-refractivity contribution in [2.24, 2.45) is 0 Å². The van der Waals surface area contributed by atoms with E-state index in [2.05, 4.69) is 5.32 Å². The molecule has 0 fully saturated rings. The Bertz CT molecular complexity index is 390. The summed E-state index contributed by atoms with van der Waals surface area (Å²) in [6, 6.07) is 5.15. The summed E-state index contributed by atoms with van der Waals surface area (Å²) < 4.78 is 42.0. The van der Waals surface area contributed by atoms with Gasteiger partial charge in [0, 0.05) is 18.0 Å². The molecule has 0 aliphatic rings. The van der Waals surface area contributed by atoms with Crippen LogP contribution < -0.4 is 10.1 Å². The molecule has 0 saturated heterocycles. The van der Waals surface area contributed by atoms with Gasteiger partial charge in [0.05, 0.1) is 7.11 Å². The molecule has 0 saturated carbocycles. The lowest BCUT2D eigenvalue weighted by Crippen LogP contribution is -2.20. The van der Waals surface area contributed by atoms with Gasteiger partial charge in [0.25, 0.3) is 0 Å². The monoisotopic (exact) mass is 261 g/mol. The summed E-state index contributed by atoms with van der Waals surface area (Å²) in [5.74, 6) is 0.622. The minimum atomic E-state index is -4.13. The summed E-state index contributed by atoms with van der Waals surface area (Å²) in [6.07, 6.45) is -4.94. The molecular formula is C13H18F3NO. The van der Waals surface area contributed by atoms with Crippen molar-refractivity contribution in [3.05, 3.63) is 29.3 Å². The third kappa shape index (κ3) is 4.22. The van der Waals surface area contributed by atoms with E-state index in [-0.39, 0.29) is 12.5 Å². The fourth-order valence-electron chi connectivity index (χ4n) is 1.87. The first-order valence-corrected chi connectivity index (χ1v) is 5.76. The van der Waals surface area contributed by atoms with Crippen molar-refractivity contribution in [2.45, 2.75) is 32.0 Å². The quantitative estimate of drug-likeness (QED) is 0.874. The van der Waals surface area contributed by atoms with Crippen molar-refractivity contribution < 1.29 is 17.9 Å². The first-order chi connectivity index (χ1) is 8.37. The first-order valence-electron chi connectivity index (χ1n) is 5.76. The van der Waals surface area contributed by atoms with E-state index in [4.69, 9.17) is 4.74 Å². The first kappa shape index (κ1) is 14.8. The van der Waals surface area contributed by atoms with Gasteiger partial charge < -0.3 is 10.1 Å². The Kier molecular flexibility index (Phi) is 5.02. The van der Waals surface area contributed by atoms with E-state index in [0.29, 0.717) is 5.75 Å². The number of ether oxygens (including phenoxy) is 1. The molecule has 5 heteroatoms. The highest BCUT2D eigenvalue weighted by atomic mass is 19.4. The van der Waals surface area contributed by atoms with E-state index in [1.54, 1.807) is 7.05 Å². The maximum Gasteiger partial charge on any atom is 0.389 e. The number of rotatable bonds is 5. The number of hydrogen-bond donors (Lipinski definition) is 1. The van der Waals surface area contributed by atoms with Gasteiger partial charge in [-0.25, -0.2) is 0 Å². The zero-order valence-corrected chi connectivity index (χ0v) is 10.8. The van der Waals surface area contributed by atoms with Crippen LogP contribution in [0.25, 0.3) is 0 Å². The van der Waals surface area contributed by atoms with Gasteiger partial charge >= 0.3 is 6.18 Å². The molecule has 0 spiro atoms. The molecule has 18 heavy (non-hydrogen) atoms. The van der Waals surface area contributed by atoms with Gasteiger partial charge in [0.1, 0.15) is 5.75 Å². The molecule has 2 nitrogen and oxygen atoms in total. The highest BCUT2D eigenvalue weighted by Crippen LogP contribution is 2.32. The molecule has 0 heterocycles. The summed E-state index contributed by atoms with van der Waals surface area (Å²) in [4.78, 5) is 0. The minimum absolute atomic E-state index is 0.000574. The maximum absolute atomic E-state index is 12.3. The molecule has 0 amide bonds. The summed E-state index contributed by atoms with van der Waals surface area (Å²) in [5.41, 5.74) is 1.77. The summed E-state index contributed by atoms with van der Waals surface area (Å²) >= 11 is 0. The SMILES string of the molecule is CNC(CCC(F)(F)F)c1ccc(C)cc1OC. The Morgan fingerprint density at radius 1 is 1.33 bits per heavy atom. The number of hydrogen-bond acceptors (Lipinski definition) is 2. The predicted octanol–water partition coefficient (Wildman–Crippen LogP) is 3.61. The van der Waals surface area contributed by atoms with Crippen molar-refractivity contribution in [3.63, 3.8) is 0 Å². The van der Waals surface area contributed by atoms with Crippen LogP contribution in [0.4, 0.5) is 13.2 Å². The topological polar surface area (TPSA) is 21.3 Å². The van der Waals surface area contributed by atoms with Crippen LogP contribution in [0.1, 0.15) is 30.0 Å². The van der Waals surface area contributed by atoms with Gasteiger partial charge in [-0.05, 0) is 32.0 Å². The molecule has 0 bridgehead atoms. The zero-order chi connectivity index (χ0) is 13.8. The normalized spacial score (nSPS) is 13.4. The van der Waals surface area contributed by atoms with Gasteiger partial charge in [0.2, 0.25) is 0 Å². The van der Waals surface area contributed by atoms with Crippen molar-refractivity contribution in [3.8, 4) is 5.75 Å². The van der Waals surface area contributed by atoms with Crippen LogP contribution >= 0.6 is 0 Å². The standard InChI is InChI=1S/C13H18F3NO/c1-9-4-5-10(12(8-9)18-3)11(17-2)6-7-13(14,15)16/h4-5,8,11,17H,6-7H2,1-3H3. The highest BCUT2D eigenvalue weighted by molar-refractivity contribution is 5.39. The Labute approximate surface area is 105 Å². The van der Waals surface area contributed by atoms with E-state index in [9.17, 15) is 13.2 Å². The highest BCUT2D eigenvalue weighted by Gasteiger charge is 2.29. The maximum atomic E-state index is 12.3. The van der Waals surface area contributed by atoms with Crippen LogP contribution in [0.5, 0.6) is 5.75 Å². The van der Waals surface area contributed by atoms with E-state index < -0.39 is 12.6 Å². The Morgan fingerprint density at radius 2 is 2.00 bits per heavy atom. The molecule has 0 radical (unpaired) electrons. The second-order valence-electron chi connectivity index (χ2n) is 4.24. The number of alkyl halides is 3. The fourth-order valence-corrected chi connectivity index (χ4v) is 1.87. The number of aryl methyl sites for hydroxylation is 1. The van der Waals surface area contributed by atoms with Crippen molar-refractivity contribution in [1.82, 2.24) is 5.32 Å². The second-order valence-corrected chi connectivity index (χ2v) is 4.24. The molecule has 1 unspecified atom stereocenters. The van der Waals surface area contributed by atoms with Gasteiger partial charge in [0.15, 0.2) is 0 Å². The Morgan fingerprint density at radius 3 is 2.50 bits per heavy atom.